The van der Waals surface area contributed by atoms with E-state index >= 15 is 0 Å². The fourth-order valence-corrected chi connectivity index (χ4v) is 3.63. The monoisotopic (exact) mass is 390 g/mol. The normalized spacial score (nSPS) is 15.1. The lowest BCUT2D eigenvalue weighted by molar-refractivity contribution is -0.139. The van der Waals surface area contributed by atoms with Gasteiger partial charge in [-0.25, -0.2) is 0 Å². The number of methoxy groups -OCH3 is 2. The first kappa shape index (κ1) is 22.1. The second-order valence-corrected chi connectivity index (χ2v) is 8.15. The van der Waals surface area contributed by atoms with Crippen LogP contribution in [-0.2, 0) is 4.79 Å². The molecule has 1 heterocycles. The Bertz CT molecular complexity index is 657. The van der Waals surface area contributed by atoms with Crippen LogP contribution in [0.1, 0.15) is 50.9 Å². The van der Waals surface area contributed by atoms with Crippen molar-refractivity contribution >= 4 is 11.8 Å². The number of piperidine rings is 1. The highest BCUT2D eigenvalue weighted by molar-refractivity contribution is 5.95. The van der Waals surface area contributed by atoms with Gasteiger partial charge >= 0.3 is 0 Å². The zero-order valence-corrected chi connectivity index (χ0v) is 18.0. The van der Waals surface area contributed by atoms with Crippen LogP contribution in [0.5, 0.6) is 11.5 Å². The summed E-state index contributed by atoms with van der Waals surface area (Å²) >= 11 is 0. The van der Waals surface area contributed by atoms with Gasteiger partial charge in [0.25, 0.3) is 5.91 Å². The molecule has 6 nitrogen and oxygen atoms in total. The minimum absolute atomic E-state index is 0.00922. The van der Waals surface area contributed by atoms with Crippen LogP contribution >= 0.6 is 0 Å². The molecule has 0 N–H and O–H groups in total. The number of amides is 2. The highest BCUT2D eigenvalue weighted by Gasteiger charge is 2.31. The van der Waals surface area contributed by atoms with Crippen LogP contribution in [0.15, 0.2) is 18.2 Å². The van der Waals surface area contributed by atoms with Crippen molar-refractivity contribution in [2.45, 2.75) is 46.6 Å². The quantitative estimate of drug-likeness (QED) is 0.715. The largest absolute Gasteiger partial charge is 0.497 e. The van der Waals surface area contributed by atoms with Crippen LogP contribution in [0.4, 0.5) is 0 Å². The molecule has 156 valence electrons. The SMILES string of the molecule is COc1cc(OC)cc(C(=O)N2CCC(C(=O)N(CC(C)C)C(C)C)CC2)c1. The zero-order chi connectivity index (χ0) is 20.8. The molecule has 0 spiro atoms. The Kier molecular flexibility index (Phi) is 7.72. The van der Waals surface area contributed by atoms with Gasteiger partial charge in [0.2, 0.25) is 5.91 Å². The van der Waals surface area contributed by atoms with Gasteiger partial charge in [-0.2, -0.15) is 0 Å². The minimum atomic E-state index is -0.0500. The fraction of sp³-hybridized carbons (Fsp3) is 0.636. The van der Waals surface area contributed by atoms with E-state index in [1.165, 1.54) is 0 Å². The number of benzene rings is 1. The van der Waals surface area contributed by atoms with E-state index in [1.807, 2.05) is 9.80 Å². The lowest BCUT2D eigenvalue weighted by Gasteiger charge is -2.36. The highest BCUT2D eigenvalue weighted by atomic mass is 16.5. The second kappa shape index (κ2) is 9.80. The molecule has 0 aromatic heterocycles. The van der Waals surface area contributed by atoms with Crippen molar-refractivity contribution in [3.63, 3.8) is 0 Å². The Hall–Kier alpha value is -2.24. The Morgan fingerprint density at radius 3 is 2.00 bits per heavy atom. The summed E-state index contributed by atoms with van der Waals surface area (Å²) in [5.41, 5.74) is 0.546. The van der Waals surface area contributed by atoms with E-state index in [1.54, 1.807) is 32.4 Å². The molecule has 0 atom stereocenters. The second-order valence-electron chi connectivity index (χ2n) is 8.15. The molecular weight excluding hydrogens is 356 g/mol. The van der Waals surface area contributed by atoms with Gasteiger partial charge in [-0.1, -0.05) is 13.8 Å². The van der Waals surface area contributed by atoms with Crippen molar-refractivity contribution in [3.05, 3.63) is 23.8 Å². The average molecular weight is 391 g/mol. The van der Waals surface area contributed by atoms with E-state index in [0.29, 0.717) is 48.9 Å². The predicted octanol–water partition coefficient (Wildman–Crippen LogP) is 3.45. The van der Waals surface area contributed by atoms with E-state index in [2.05, 4.69) is 27.7 Å². The zero-order valence-electron chi connectivity index (χ0n) is 18.0. The van der Waals surface area contributed by atoms with Gasteiger partial charge in [0.15, 0.2) is 0 Å². The fourth-order valence-electron chi connectivity index (χ4n) is 3.63. The molecule has 28 heavy (non-hydrogen) atoms. The van der Waals surface area contributed by atoms with Crippen LogP contribution in [0.3, 0.4) is 0 Å². The Labute approximate surface area is 168 Å². The van der Waals surface area contributed by atoms with Gasteiger partial charge in [0.05, 0.1) is 14.2 Å². The molecule has 1 aliphatic rings. The van der Waals surface area contributed by atoms with E-state index in [-0.39, 0.29) is 23.8 Å². The Balaban J connectivity index is 2.03. The van der Waals surface area contributed by atoms with E-state index < -0.39 is 0 Å². The summed E-state index contributed by atoms with van der Waals surface area (Å²) in [6.07, 6.45) is 1.40. The Morgan fingerprint density at radius 1 is 1.04 bits per heavy atom. The summed E-state index contributed by atoms with van der Waals surface area (Å²) in [6, 6.07) is 5.40. The first-order chi connectivity index (χ1) is 13.3. The summed E-state index contributed by atoms with van der Waals surface area (Å²) in [6.45, 7) is 10.3. The van der Waals surface area contributed by atoms with Crippen molar-refractivity contribution < 1.29 is 19.1 Å². The van der Waals surface area contributed by atoms with Gasteiger partial charge < -0.3 is 19.3 Å². The van der Waals surface area contributed by atoms with Gasteiger partial charge in [0, 0.05) is 43.2 Å². The number of carbonyl (C=O) groups excluding carboxylic acids is 2. The third-order valence-electron chi connectivity index (χ3n) is 5.20. The highest BCUT2D eigenvalue weighted by Crippen LogP contribution is 2.26. The summed E-state index contributed by atoms with van der Waals surface area (Å²) in [5, 5.41) is 0. The lowest BCUT2D eigenvalue weighted by atomic mass is 9.93. The molecule has 2 rings (SSSR count). The number of nitrogens with zero attached hydrogens (tertiary/aromatic N) is 2. The molecular formula is C22H34N2O4. The van der Waals surface area contributed by atoms with Gasteiger partial charge in [-0.15, -0.1) is 0 Å². The summed E-state index contributed by atoms with van der Waals surface area (Å²) < 4.78 is 10.5. The minimum Gasteiger partial charge on any atom is -0.497 e. The first-order valence-corrected chi connectivity index (χ1v) is 10.1. The molecule has 0 radical (unpaired) electrons. The first-order valence-electron chi connectivity index (χ1n) is 10.1. The van der Waals surface area contributed by atoms with Crippen molar-refractivity contribution in [2.24, 2.45) is 11.8 Å². The predicted molar refractivity (Wildman–Crippen MR) is 110 cm³/mol. The molecule has 6 heteroatoms. The topological polar surface area (TPSA) is 59.1 Å². The lowest BCUT2D eigenvalue weighted by Crippen LogP contribution is -2.47. The Morgan fingerprint density at radius 2 is 1.57 bits per heavy atom. The maximum absolute atomic E-state index is 13.0. The van der Waals surface area contributed by atoms with Crippen molar-refractivity contribution in [2.75, 3.05) is 33.9 Å². The van der Waals surface area contributed by atoms with E-state index in [0.717, 1.165) is 6.54 Å². The van der Waals surface area contributed by atoms with Crippen molar-refractivity contribution in [1.82, 2.24) is 9.80 Å². The molecule has 1 aromatic rings. The third-order valence-corrected chi connectivity index (χ3v) is 5.20. The molecule has 1 aliphatic heterocycles. The molecule has 0 bridgehead atoms. The van der Waals surface area contributed by atoms with Crippen LogP contribution < -0.4 is 9.47 Å². The maximum atomic E-state index is 13.0. The number of hydrogen-bond acceptors (Lipinski definition) is 4. The molecule has 0 unspecified atom stereocenters. The number of ether oxygens (including phenoxy) is 2. The van der Waals surface area contributed by atoms with Crippen molar-refractivity contribution in [3.8, 4) is 11.5 Å². The summed E-state index contributed by atoms with van der Waals surface area (Å²) in [7, 11) is 3.13. The molecule has 0 aliphatic carbocycles. The smallest absolute Gasteiger partial charge is 0.254 e. The van der Waals surface area contributed by atoms with Gasteiger partial charge in [0.1, 0.15) is 11.5 Å². The van der Waals surface area contributed by atoms with Crippen LogP contribution in [-0.4, -0.2) is 61.5 Å². The summed E-state index contributed by atoms with van der Waals surface area (Å²) in [4.78, 5) is 29.7. The third kappa shape index (κ3) is 5.40. The van der Waals surface area contributed by atoms with Crippen molar-refractivity contribution in [1.29, 1.82) is 0 Å². The number of rotatable bonds is 7. The molecule has 2 amide bonds. The average Bonchev–Trinajstić information content (AvgIpc) is 2.70. The van der Waals surface area contributed by atoms with E-state index in [9.17, 15) is 9.59 Å². The van der Waals surface area contributed by atoms with Gasteiger partial charge in [-0.05, 0) is 44.7 Å². The number of carbonyl (C=O) groups is 2. The van der Waals surface area contributed by atoms with Crippen LogP contribution in [0.25, 0.3) is 0 Å². The van der Waals surface area contributed by atoms with E-state index in [4.69, 9.17) is 9.47 Å². The van der Waals surface area contributed by atoms with Crippen LogP contribution in [0.2, 0.25) is 0 Å². The molecule has 0 saturated carbocycles. The van der Waals surface area contributed by atoms with Gasteiger partial charge in [-0.3, -0.25) is 9.59 Å². The number of hydrogen-bond donors (Lipinski definition) is 0. The molecule has 1 fully saturated rings. The maximum Gasteiger partial charge on any atom is 0.254 e. The van der Waals surface area contributed by atoms with Crippen LogP contribution in [0, 0.1) is 11.8 Å². The molecule has 1 aromatic carbocycles. The number of likely N-dealkylation sites (tertiary alicyclic amines) is 1. The standard InChI is InChI=1S/C22H34N2O4/c1-15(2)14-24(16(3)4)22(26)17-7-9-23(10-8-17)21(25)18-11-19(27-5)13-20(12-18)28-6/h11-13,15-17H,7-10,14H2,1-6H3. The molecule has 1 saturated heterocycles. The summed E-state index contributed by atoms with van der Waals surface area (Å²) in [5.74, 6) is 1.79.